The highest BCUT2D eigenvalue weighted by Crippen LogP contribution is 2.33. The minimum Gasteiger partial charge on any atom is -0.444 e. The van der Waals surface area contributed by atoms with Crippen molar-refractivity contribution in [3.05, 3.63) is 60.3 Å². The molecule has 3 aromatic rings. The van der Waals surface area contributed by atoms with Gasteiger partial charge in [0.25, 0.3) is 0 Å². The highest BCUT2D eigenvalue weighted by atomic mass is 16.6. The molecule has 156 valence electrons. The molecule has 1 fully saturated rings. The minimum absolute atomic E-state index is 0.0776. The number of hydrogen-bond acceptors (Lipinski definition) is 4. The quantitative estimate of drug-likeness (QED) is 0.624. The van der Waals surface area contributed by atoms with Crippen LogP contribution < -0.4 is 0 Å². The van der Waals surface area contributed by atoms with Gasteiger partial charge in [-0.15, -0.1) is 0 Å². The summed E-state index contributed by atoms with van der Waals surface area (Å²) >= 11 is 0. The number of carbonyl (C=O) groups excluding carboxylic acids is 1. The number of aromatic amines is 1. The number of likely N-dealkylation sites (tertiary alicyclic amines) is 1. The van der Waals surface area contributed by atoms with Gasteiger partial charge in [0.05, 0.1) is 17.9 Å². The fraction of sp³-hybridized carbons (Fsp3) is 0.375. The molecule has 1 N–H and O–H groups in total. The Balaban J connectivity index is 1.52. The van der Waals surface area contributed by atoms with Crippen LogP contribution in [0.15, 0.2) is 48.9 Å². The summed E-state index contributed by atoms with van der Waals surface area (Å²) in [7, 11) is 0. The maximum Gasteiger partial charge on any atom is 0.410 e. The largest absolute Gasteiger partial charge is 0.444 e. The molecule has 1 aliphatic rings. The average Bonchev–Trinajstić information content (AvgIpc) is 3.36. The summed E-state index contributed by atoms with van der Waals surface area (Å²) in [6.07, 6.45) is 7.11. The van der Waals surface area contributed by atoms with Crippen molar-refractivity contribution in [3.63, 3.8) is 0 Å². The molecule has 0 saturated carbocycles. The predicted molar refractivity (Wildman–Crippen MR) is 117 cm³/mol. The van der Waals surface area contributed by atoms with Crippen LogP contribution in [0.5, 0.6) is 0 Å². The third kappa shape index (κ3) is 4.37. The lowest BCUT2D eigenvalue weighted by Gasteiger charge is -2.27. The lowest BCUT2D eigenvalue weighted by molar-refractivity contribution is 0.0218. The first kappa shape index (κ1) is 20.1. The zero-order chi connectivity index (χ0) is 21.3. The van der Waals surface area contributed by atoms with Crippen molar-refractivity contribution in [3.8, 4) is 22.4 Å². The third-order valence-electron chi connectivity index (χ3n) is 5.20. The van der Waals surface area contributed by atoms with E-state index in [9.17, 15) is 4.79 Å². The van der Waals surface area contributed by atoms with E-state index in [2.05, 4.69) is 45.3 Å². The summed E-state index contributed by atoms with van der Waals surface area (Å²) in [5.41, 5.74) is 4.86. The zero-order valence-corrected chi connectivity index (χ0v) is 18.0. The van der Waals surface area contributed by atoms with Gasteiger partial charge < -0.3 is 9.72 Å². The number of H-pyrrole nitrogens is 1. The molecule has 3 heterocycles. The number of pyridine rings is 1. The first-order valence-corrected chi connectivity index (χ1v) is 10.4. The number of benzene rings is 1. The number of rotatable bonds is 3. The van der Waals surface area contributed by atoms with Crippen LogP contribution in [0.4, 0.5) is 4.79 Å². The Morgan fingerprint density at radius 1 is 1.10 bits per heavy atom. The topological polar surface area (TPSA) is 71.1 Å². The Kier molecular flexibility index (Phi) is 5.33. The van der Waals surface area contributed by atoms with Crippen molar-refractivity contribution in [1.29, 1.82) is 0 Å². The zero-order valence-electron chi connectivity index (χ0n) is 18.0. The molecule has 2 aromatic heterocycles. The standard InChI is InChI=1S/C24H28N4O2/c1-16-12-19(14-25-13-16)17-7-9-18(10-8-17)20-15-26-22(27-20)21-6-5-11-28(21)23(29)30-24(2,3)4/h7-10,12-15,21H,5-6,11H2,1-4H3,(H,26,27). The minimum atomic E-state index is -0.507. The van der Waals surface area contributed by atoms with E-state index in [0.717, 1.165) is 46.6 Å². The molecule has 0 bridgehead atoms. The van der Waals surface area contributed by atoms with E-state index in [1.165, 1.54) is 0 Å². The van der Waals surface area contributed by atoms with Crippen LogP contribution in [0, 0.1) is 6.92 Å². The molecular weight excluding hydrogens is 376 g/mol. The summed E-state index contributed by atoms with van der Waals surface area (Å²) in [6.45, 7) is 8.39. The molecule has 1 saturated heterocycles. The number of hydrogen-bond donors (Lipinski definition) is 1. The number of aryl methyl sites for hydroxylation is 1. The predicted octanol–water partition coefficient (Wildman–Crippen LogP) is 5.52. The maximum atomic E-state index is 12.6. The Morgan fingerprint density at radius 2 is 1.83 bits per heavy atom. The van der Waals surface area contributed by atoms with Crippen molar-refractivity contribution in [2.24, 2.45) is 0 Å². The van der Waals surface area contributed by atoms with Crippen molar-refractivity contribution in [1.82, 2.24) is 19.9 Å². The molecule has 0 spiro atoms. The Bertz CT molecular complexity index is 1030. The van der Waals surface area contributed by atoms with Gasteiger partial charge in [0, 0.05) is 24.5 Å². The van der Waals surface area contributed by atoms with Crippen molar-refractivity contribution < 1.29 is 9.53 Å². The summed E-state index contributed by atoms with van der Waals surface area (Å²) < 4.78 is 5.57. The molecule has 30 heavy (non-hydrogen) atoms. The van der Waals surface area contributed by atoms with Gasteiger partial charge in [-0.05, 0) is 63.3 Å². The lowest BCUT2D eigenvalue weighted by atomic mass is 10.0. The molecule has 0 aliphatic carbocycles. The number of nitrogens with one attached hydrogen (secondary N) is 1. The van der Waals surface area contributed by atoms with Crippen molar-refractivity contribution in [2.75, 3.05) is 6.54 Å². The van der Waals surface area contributed by atoms with Crippen molar-refractivity contribution >= 4 is 6.09 Å². The second kappa shape index (κ2) is 7.94. The highest BCUT2D eigenvalue weighted by Gasteiger charge is 2.34. The second-order valence-electron chi connectivity index (χ2n) is 8.84. The Morgan fingerprint density at radius 3 is 2.53 bits per heavy atom. The summed E-state index contributed by atoms with van der Waals surface area (Å²) in [4.78, 5) is 26.6. The van der Waals surface area contributed by atoms with Crippen LogP contribution >= 0.6 is 0 Å². The van der Waals surface area contributed by atoms with E-state index < -0.39 is 5.60 Å². The molecule has 6 nitrogen and oxygen atoms in total. The Hall–Kier alpha value is -3.15. The number of amides is 1. The van der Waals surface area contributed by atoms with Gasteiger partial charge in [0.1, 0.15) is 11.4 Å². The van der Waals surface area contributed by atoms with Gasteiger partial charge in [0.15, 0.2) is 0 Å². The van der Waals surface area contributed by atoms with Crippen LogP contribution in [0.1, 0.15) is 51.0 Å². The number of carbonyl (C=O) groups is 1. The Labute approximate surface area is 177 Å². The molecule has 1 aromatic carbocycles. The fourth-order valence-electron chi connectivity index (χ4n) is 3.80. The molecule has 6 heteroatoms. The van der Waals surface area contributed by atoms with E-state index in [1.54, 1.807) is 4.90 Å². The molecule has 4 rings (SSSR count). The number of ether oxygens (including phenoxy) is 1. The van der Waals surface area contributed by atoms with E-state index in [4.69, 9.17) is 4.74 Å². The summed E-state index contributed by atoms with van der Waals surface area (Å²) in [6, 6.07) is 10.4. The van der Waals surface area contributed by atoms with Gasteiger partial charge in [-0.25, -0.2) is 9.78 Å². The van der Waals surface area contributed by atoms with E-state index in [-0.39, 0.29) is 12.1 Å². The van der Waals surface area contributed by atoms with Gasteiger partial charge in [-0.2, -0.15) is 0 Å². The molecular formula is C24H28N4O2. The van der Waals surface area contributed by atoms with Crippen LogP contribution in [0.3, 0.4) is 0 Å². The first-order chi connectivity index (χ1) is 14.3. The number of nitrogens with zero attached hydrogens (tertiary/aromatic N) is 3. The van der Waals surface area contributed by atoms with Gasteiger partial charge in [-0.1, -0.05) is 24.3 Å². The SMILES string of the molecule is Cc1cncc(-c2ccc(-c3cnc(C4CCCN4C(=O)OC(C)(C)C)[nH]3)cc2)c1. The van der Waals surface area contributed by atoms with E-state index in [0.29, 0.717) is 6.54 Å². The first-order valence-electron chi connectivity index (χ1n) is 10.4. The lowest BCUT2D eigenvalue weighted by Crippen LogP contribution is -2.36. The fourth-order valence-corrected chi connectivity index (χ4v) is 3.80. The normalized spacial score (nSPS) is 16.7. The number of imidazole rings is 1. The average molecular weight is 405 g/mol. The second-order valence-corrected chi connectivity index (χ2v) is 8.84. The monoisotopic (exact) mass is 404 g/mol. The third-order valence-corrected chi connectivity index (χ3v) is 5.20. The molecule has 1 aliphatic heterocycles. The van der Waals surface area contributed by atoms with Crippen LogP contribution in [-0.4, -0.2) is 38.1 Å². The van der Waals surface area contributed by atoms with Gasteiger partial charge in [0.2, 0.25) is 0 Å². The van der Waals surface area contributed by atoms with E-state index >= 15 is 0 Å². The maximum absolute atomic E-state index is 12.6. The van der Waals surface area contributed by atoms with Crippen molar-refractivity contribution in [2.45, 2.75) is 52.2 Å². The molecule has 1 amide bonds. The van der Waals surface area contributed by atoms with Gasteiger partial charge >= 0.3 is 6.09 Å². The van der Waals surface area contributed by atoms with Crippen LogP contribution in [0.25, 0.3) is 22.4 Å². The molecule has 0 radical (unpaired) electrons. The van der Waals surface area contributed by atoms with E-state index in [1.807, 2.05) is 46.3 Å². The summed E-state index contributed by atoms with van der Waals surface area (Å²) in [5.74, 6) is 0.806. The molecule has 1 unspecified atom stereocenters. The smallest absolute Gasteiger partial charge is 0.410 e. The van der Waals surface area contributed by atoms with Gasteiger partial charge in [-0.3, -0.25) is 9.88 Å². The summed E-state index contributed by atoms with van der Waals surface area (Å²) in [5, 5.41) is 0. The van der Waals surface area contributed by atoms with Crippen LogP contribution in [0.2, 0.25) is 0 Å². The molecule has 1 atom stereocenters. The number of aromatic nitrogens is 3. The van der Waals surface area contributed by atoms with Crippen LogP contribution in [-0.2, 0) is 4.74 Å². The highest BCUT2D eigenvalue weighted by molar-refractivity contribution is 5.70.